The number of phenols is 1. The topological polar surface area (TPSA) is 98.7 Å². The Bertz CT molecular complexity index is 445. The molecule has 0 saturated carbocycles. The highest BCUT2D eigenvalue weighted by Gasteiger charge is 2.20. The summed E-state index contributed by atoms with van der Waals surface area (Å²) < 4.78 is 0. The van der Waals surface area contributed by atoms with Crippen molar-refractivity contribution in [3.05, 3.63) is 29.8 Å². The Labute approximate surface area is 117 Å². The monoisotopic (exact) mass is 280 g/mol. The first-order chi connectivity index (χ1) is 9.52. The summed E-state index contributed by atoms with van der Waals surface area (Å²) in [5.74, 6) is -0.977. The highest BCUT2D eigenvalue weighted by molar-refractivity contribution is 5.82. The normalized spacial score (nSPS) is 11.7. The van der Waals surface area contributed by atoms with Crippen LogP contribution in [0.25, 0.3) is 0 Å². The van der Waals surface area contributed by atoms with Gasteiger partial charge in [-0.3, -0.25) is 0 Å². The third-order valence-corrected chi connectivity index (χ3v) is 2.80. The van der Waals surface area contributed by atoms with E-state index in [1.165, 1.54) is 12.1 Å². The van der Waals surface area contributed by atoms with Crippen LogP contribution in [0.15, 0.2) is 24.3 Å². The third kappa shape index (κ3) is 5.60. The Morgan fingerprint density at radius 2 is 1.90 bits per heavy atom. The van der Waals surface area contributed by atoms with Crippen molar-refractivity contribution in [1.29, 1.82) is 0 Å². The van der Waals surface area contributed by atoms with E-state index in [-0.39, 0.29) is 12.2 Å². The van der Waals surface area contributed by atoms with E-state index in [1.807, 2.05) is 6.92 Å². The third-order valence-electron chi connectivity index (χ3n) is 2.80. The summed E-state index contributed by atoms with van der Waals surface area (Å²) in [5.41, 5.74) is 0.726. The highest BCUT2D eigenvalue weighted by Crippen LogP contribution is 2.11. The van der Waals surface area contributed by atoms with E-state index in [1.54, 1.807) is 12.1 Å². The molecule has 2 amide bonds. The number of hydrogen-bond donors (Lipinski definition) is 4. The Morgan fingerprint density at radius 1 is 1.25 bits per heavy atom. The predicted molar refractivity (Wildman–Crippen MR) is 74.7 cm³/mol. The lowest BCUT2D eigenvalue weighted by molar-refractivity contribution is -0.139. The summed E-state index contributed by atoms with van der Waals surface area (Å²) in [7, 11) is 0. The van der Waals surface area contributed by atoms with Crippen LogP contribution in [0.3, 0.4) is 0 Å². The van der Waals surface area contributed by atoms with Crippen molar-refractivity contribution >= 4 is 12.0 Å². The van der Waals surface area contributed by atoms with Crippen molar-refractivity contribution in [1.82, 2.24) is 10.6 Å². The fourth-order valence-corrected chi connectivity index (χ4v) is 1.66. The molecule has 6 heteroatoms. The lowest BCUT2D eigenvalue weighted by Crippen LogP contribution is -2.47. The Morgan fingerprint density at radius 3 is 2.45 bits per heavy atom. The lowest BCUT2D eigenvalue weighted by Gasteiger charge is -2.15. The number of nitrogens with one attached hydrogen (secondary N) is 2. The molecule has 0 aliphatic carbocycles. The summed E-state index contributed by atoms with van der Waals surface area (Å²) >= 11 is 0. The van der Waals surface area contributed by atoms with Crippen LogP contribution < -0.4 is 10.6 Å². The van der Waals surface area contributed by atoms with Gasteiger partial charge in [0.2, 0.25) is 0 Å². The predicted octanol–water partition coefficient (Wildman–Crippen LogP) is 1.49. The van der Waals surface area contributed by atoms with E-state index in [9.17, 15) is 9.59 Å². The number of hydrogen-bond acceptors (Lipinski definition) is 3. The van der Waals surface area contributed by atoms with Gasteiger partial charge < -0.3 is 20.8 Å². The number of carbonyl (C=O) groups excluding carboxylic acids is 1. The number of phenolic OH excluding ortho intramolecular Hbond substituents is 1. The molecule has 0 saturated heterocycles. The van der Waals surface area contributed by atoms with E-state index in [0.29, 0.717) is 6.54 Å². The fourth-order valence-electron chi connectivity index (χ4n) is 1.66. The van der Waals surface area contributed by atoms with Gasteiger partial charge in [0.15, 0.2) is 0 Å². The summed E-state index contributed by atoms with van der Waals surface area (Å²) in [5, 5.41) is 23.3. The molecule has 1 atom stereocenters. The number of urea groups is 1. The molecule has 0 aromatic heterocycles. The minimum atomic E-state index is -1.09. The van der Waals surface area contributed by atoms with Crippen molar-refractivity contribution in [2.75, 3.05) is 6.54 Å². The van der Waals surface area contributed by atoms with Crippen LogP contribution in [0, 0.1) is 0 Å². The molecule has 0 radical (unpaired) electrons. The molecule has 1 aromatic carbocycles. The van der Waals surface area contributed by atoms with Crippen LogP contribution in [0.5, 0.6) is 5.75 Å². The molecule has 0 fully saturated rings. The Balaban J connectivity index is 2.54. The van der Waals surface area contributed by atoms with Crippen LogP contribution in [0.4, 0.5) is 4.79 Å². The Kier molecular flexibility index (Phi) is 6.36. The average molecular weight is 280 g/mol. The van der Waals surface area contributed by atoms with Crippen LogP contribution in [-0.2, 0) is 11.2 Å². The van der Waals surface area contributed by atoms with Crippen molar-refractivity contribution in [3.63, 3.8) is 0 Å². The quantitative estimate of drug-likeness (QED) is 0.569. The summed E-state index contributed by atoms with van der Waals surface area (Å²) in [6.07, 6.45) is 1.97. The van der Waals surface area contributed by atoms with E-state index >= 15 is 0 Å². The molecule has 0 aliphatic rings. The van der Waals surface area contributed by atoms with Gasteiger partial charge in [-0.25, -0.2) is 9.59 Å². The summed E-state index contributed by atoms with van der Waals surface area (Å²) in [4.78, 5) is 22.7. The molecule has 1 aromatic rings. The van der Waals surface area contributed by atoms with Crippen LogP contribution >= 0.6 is 0 Å². The first-order valence-corrected chi connectivity index (χ1v) is 6.58. The smallest absolute Gasteiger partial charge is 0.326 e. The first kappa shape index (κ1) is 15.8. The molecule has 1 rings (SSSR count). The van der Waals surface area contributed by atoms with E-state index in [0.717, 1.165) is 18.4 Å². The molecule has 0 unspecified atom stereocenters. The van der Waals surface area contributed by atoms with Gasteiger partial charge in [-0.15, -0.1) is 0 Å². The zero-order valence-electron chi connectivity index (χ0n) is 11.4. The van der Waals surface area contributed by atoms with E-state index in [4.69, 9.17) is 10.2 Å². The molecule has 0 bridgehead atoms. The maximum Gasteiger partial charge on any atom is 0.326 e. The standard InChI is InChI=1S/C14H20N2O4/c1-2-3-8-15-14(20)16-12(13(18)19)9-10-4-6-11(17)7-5-10/h4-7,12,17H,2-3,8-9H2,1H3,(H,18,19)(H2,15,16,20)/t12-/m1/s1. The van der Waals surface area contributed by atoms with Gasteiger partial charge in [0, 0.05) is 13.0 Å². The second kappa shape index (κ2) is 8.04. The minimum absolute atomic E-state index is 0.117. The minimum Gasteiger partial charge on any atom is -0.508 e. The van der Waals surface area contributed by atoms with Crippen molar-refractivity contribution in [3.8, 4) is 5.75 Å². The van der Waals surface area contributed by atoms with Crippen LogP contribution in [0.1, 0.15) is 25.3 Å². The van der Waals surface area contributed by atoms with Gasteiger partial charge in [0.25, 0.3) is 0 Å². The number of carbonyl (C=O) groups is 2. The van der Waals surface area contributed by atoms with E-state index in [2.05, 4.69) is 10.6 Å². The molecular formula is C14H20N2O4. The van der Waals surface area contributed by atoms with Gasteiger partial charge >= 0.3 is 12.0 Å². The van der Waals surface area contributed by atoms with Gasteiger partial charge in [0.05, 0.1) is 0 Å². The van der Waals surface area contributed by atoms with Crippen LogP contribution in [-0.4, -0.2) is 34.8 Å². The van der Waals surface area contributed by atoms with Gasteiger partial charge in [-0.05, 0) is 24.1 Å². The highest BCUT2D eigenvalue weighted by atomic mass is 16.4. The fraction of sp³-hybridized carbons (Fsp3) is 0.429. The Hall–Kier alpha value is -2.24. The molecule has 6 nitrogen and oxygen atoms in total. The largest absolute Gasteiger partial charge is 0.508 e. The van der Waals surface area contributed by atoms with Gasteiger partial charge in [-0.1, -0.05) is 25.5 Å². The maximum absolute atomic E-state index is 11.6. The molecule has 110 valence electrons. The van der Waals surface area contributed by atoms with E-state index < -0.39 is 18.0 Å². The molecule has 0 heterocycles. The zero-order chi connectivity index (χ0) is 15.0. The van der Waals surface area contributed by atoms with Crippen molar-refractivity contribution in [2.24, 2.45) is 0 Å². The SMILES string of the molecule is CCCCNC(=O)N[C@H](Cc1ccc(O)cc1)C(=O)O. The van der Waals surface area contributed by atoms with Gasteiger partial charge in [-0.2, -0.15) is 0 Å². The second-order valence-electron chi connectivity index (χ2n) is 4.52. The van der Waals surface area contributed by atoms with Crippen molar-refractivity contribution in [2.45, 2.75) is 32.2 Å². The van der Waals surface area contributed by atoms with Crippen LogP contribution in [0.2, 0.25) is 0 Å². The maximum atomic E-state index is 11.6. The molecule has 4 N–H and O–H groups in total. The van der Waals surface area contributed by atoms with Gasteiger partial charge in [0.1, 0.15) is 11.8 Å². The number of carboxylic acid groups (broad SMARTS) is 1. The summed E-state index contributed by atoms with van der Waals surface area (Å²) in [6.45, 7) is 2.53. The number of carboxylic acids is 1. The number of rotatable bonds is 7. The summed E-state index contributed by atoms with van der Waals surface area (Å²) in [6, 6.07) is 4.74. The number of benzene rings is 1. The first-order valence-electron chi connectivity index (χ1n) is 6.58. The molecule has 0 spiro atoms. The second-order valence-corrected chi connectivity index (χ2v) is 4.52. The lowest BCUT2D eigenvalue weighted by atomic mass is 10.1. The molecular weight excluding hydrogens is 260 g/mol. The molecule has 0 aliphatic heterocycles. The number of aliphatic carboxylic acids is 1. The average Bonchev–Trinajstić information content (AvgIpc) is 2.40. The van der Waals surface area contributed by atoms with Crippen molar-refractivity contribution < 1.29 is 19.8 Å². The number of unbranched alkanes of at least 4 members (excludes halogenated alkanes) is 1. The number of amides is 2. The molecule has 20 heavy (non-hydrogen) atoms. The zero-order valence-corrected chi connectivity index (χ0v) is 11.4. The number of aromatic hydroxyl groups is 1.